The topological polar surface area (TPSA) is 84.8 Å². The highest BCUT2D eigenvalue weighted by atomic mass is 16.5. The Labute approximate surface area is 139 Å². The molecule has 2 aromatic heterocycles. The Morgan fingerprint density at radius 3 is 3.17 bits per heavy atom. The SMILES string of the molecule is Cn1cc([C@H]2OCCC[C@@H]2NC(=O)c2ccc3[nH]ncc3c2)cn1. The zero-order valence-corrected chi connectivity index (χ0v) is 13.4. The van der Waals surface area contributed by atoms with Crippen LogP contribution in [0.15, 0.2) is 36.8 Å². The zero-order chi connectivity index (χ0) is 16.5. The first-order chi connectivity index (χ1) is 11.7. The highest BCUT2D eigenvalue weighted by Gasteiger charge is 2.30. The quantitative estimate of drug-likeness (QED) is 0.771. The van der Waals surface area contributed by atoms with Gasteiger partial charge in [-0.2, -0.15) is 10.2 Å². The monoisotopic (exact) mass is 325 g/mol. The van der Waals surface area contributed by atoms with Crippen LogP contribution in [0.4, 0.5) is 0 Å². The molecule has 1 saturated heterocycles. The number of aromatic nitrogens is 4. The minimum Gasteiger partial charge on any atom is -0.371 e. The molecule has 0 spiro atoms. The third kappa shape index (κ3) is 2.78. The second-order valence-corrected chi connectivity index (χ2v) is 6.13. The van der Waals surface area contributed by atoms with E-state index in [4.69, 9.17) is 4.74 Å². The number of rotatable bonds is 3. The van der Waals surface area contributed by atoms with Crippen LogP contribution in [0.2, 0.25) is 0 Å². The number of hydrogen-bond acceptors (Lipinski definition) is 4. The molecule has 3 heterocycles. The van der Waals surface area contributed by atoms with E-state index in [0.717, 1.165) is 29.3 Å². The highest BCUT2D eigenvalue weighted by Crippen LogP contribution is 2.28. The Morgan fingerprint density at radius 2 is 2.33 bits per heavy atom. The number of carbonyl (C=O) groups excluding carboxylic acids is 1. The second-order valence-electron chi connectivity index (χ2n) is 6.13. The molecule has 0 bridgehead atoms. The predicted molar refractivity (Wildman–Crippen MR) is 88.5 cm³/mol. The van der Waals surface area contributed by atoms with Gasteiger partial charge < -0.3 is 10.1 Å². The van der Waals surface area contributed by atoms with Gasteiger partial charge >= 0.3 is 0 Å². The molecule has 1 aliphatic rings. The molecule has 24 heavy (non-hydrogen) atoms. The number of nitrogens with zero attached hydrogens (tertiary/aromatic N) is 3. The van der Waals surface area contributed by atoms with Crippen LogP contribution in [0.1, 0.15) is 34.9 Å². The van der Waals surface area contributed by atoms with Crippen molar-refractivity contribution in [3.63, 3.8) is 0 Å². The Balaban J connectivity index is 1.54. The van der Waals surface area contributed by atoms with E-state index in [-0.39, 0.29) is 18.1 Å². The average molecular weight is 325 g/mol. The zero-order valence-electron chi connectivity index (χ0n) is 13.4. The van der Waals surface area contributed by atoms with Crippen LogP contribution in [0.3, 0.4) is 0 Å². The minimum absolute atomic E-state index is 0.0597. The van der Waals surface area contributed by atoms with Crippen molar-refractivity contribution < 1.29 is 9.53 Å². The first-order valence-electron chi connectivity index (χ1n) is 8.05. The third-order valence-corrected chi connectivity index (χ3v) is 4.39. The van der Waals surface area contributed by atoms with E-state index in [9.17, 15) is 4.79 Å². The molecule has 7 heteroatoms. The van der Waals surface area contributed by atoms with Gasteiger partial charge in [-0.25, -0.2) is 0 Å². The molecule has 1 aromatic carbocycles. The number of amides is 1. The second kappa shape index (κ2) is 6.09. The molecular weight excluding hydrogens is 306 g/mol. The van der Waals surface area contributed by atoms with E-state index in [2.05, 4.69) is 20.6 Å². The van der Waals surface area contributed by atoms with Gasteiger partial charge in [0, 0.05) is 36.4 Å². The maximum atomic E-state index is 12.6. The molecule has 4 rings (SSSR count). The van der Waals surface area contributed by atoms with Crippen molar-refractivity contribution in [3.05, 3.63) is 47.9 Å². The first kappa shape index (κ1) is 14.9. The van der Waals surface area contributed by atoms with Crippen molar-refractivity contribution in [1.82, 2.24) is 25.3 Å². The largest absolute Gasteiger partial charge is 0.371 e. The van der Waals surface area contributed by atoms with Crippen molar-refractivity contribution in [2.24, 2.45) is 7.05 Å². The van der Waals surface area contributed by atoms with Crippen LogP contribution < -0.4 is 5.32 Å². The molecule has 2 N–H and O–H groups in total. The molecule has 2 atom stereocenters. The van der Waals surface area contributed by atoms with E-state index in [1.807, 2.05) is 25.4 Å². The van der Waals surface area contributed by atoms with Crippen LogP contribution in [0.5, 0.6) is 0 Å². The third-order valence-electron chi connectivity index (χ3n) is 4.39. The lowest BCUT2D eigenvalue weighted by atomic mass is 9.97. The standard InChI is InChI=1S/C17H19N5O2/c1-22-10-13(9-19-22)16-15(3-2-6-24-16)20-17(23)11-4-5-14-12(7-11)8-18-21-14/h4-5,7-10,15-16H,2-3,6H2,1H3,(H,18,21)(H,20,23)/t15-,16+/m0/s1. The van der Waals surface area contributed by atoms with Gasteiger partial charge in [0.1, 0.15) is 6.10 Å². The molecule has 1 aliphatic heterocycles. The summed E-state index contributed by atoms with van der Waals surface area (Å²) in [7, 11) is 1.88. The van der Waals surface area contributed by atoms with Gasteiger partial charge in [0.05, 0.1) is 24.0 Å². The van der Waals surface area contributed by atoms with Crippen molar-refractivity contribution in [1.29, 1.82) is 0 Å². The summed E-state index contributed by atoms with van der Waals surface area (Å²) in [6.45, 7) is 0.701. The van der Waals surface area contributed by atoms with Crippen molar-refractivity contribution in [2.45, 2.75) is 25.0 Å². The maximum absolute atomic E-state index is 12.6. The number of carbonyl (C=O) groups is 1. The Bertz CT molecular complexity index is 869. The van der Waals surface area contributed by atoms with Gasteiger partial charge in [-0.3, -0.25) is 14.6 Å². The number of hydrogen-bond donors (Lipinski definition) is 2. The summed E-state index contributed by atoms with van der Waals surface area (Å²) in [5.74, 6) is -0.0949. The van der Waals surface area contributed by atoms with Gasteiger partial charge in [0.25, 0.3) is 5.91 Å². The summed E-state index contributed by atoms with van der Waals surface area (Å²) in [6, 6.07) is 5.46. The summed E-state index contributed by atoms with van der Waals surface area (Å²) in [5, 5.41) is 15.1. The average Bonchev–Trinajstić information content (AvgIpc) is 3.23. The molecule has 1 fully saturated rings. The fourth-order valence-electron chi connectivity index (χ4n) is 3.18. The number of benzene rings is 1. The fourth-order valence-corrected chi connectivity index (χ4v) is 3.18. The maximum Gasteiger partial charge on any atom is 0.251 e. The van der Waals surface area contributed by atoms with Crippen molar-refractivity contribution in [2.75, 3.05) is 6.61 Å². The Kier molecular flexibility index (Phi) is 3.78. The number of nitrogens with one attached hydrogen (secondary N) is 2. The number of fused-ring (bicyclic) bond motifs is 1. The number of aromatic amines is 1. The van der Waals surface area contributed by atoms with Gasteiger partial charge in [-0.15, -0.1) is 0 Å². The van der Waals surface area contributed by atoms with E-state index in [0.29, 0.717) is 12.2 Å². The lowest BCUT2D eigenvalue weighted by Crippen LogP contribution is -2.42. The minimum atomic E-state index is -0.158. The summed E-state index contributed by atoms with van der Waals surface area (Å²) in [4.78, 5) is 12.6. The molecule has 7 nitrogen and oxygen atoms in total. The lowest BCUT2D eigenvalue weighted by Gasteiger charge is -2.31. The molecule has 0 aliphatic carbocycles. The number of ether oxygens (including phenoxy) is 1. The van der Waals surface area contributed by atoms with E-state index in [1.54, 1.807) is 23.1 Å². The fraction of sp³-hybridized carbons (Fsp3) is 0.353. The summed E-state index contributed by atoms with van der Waals surface area (Å²) in [5.41, 5.74) is 2.54. The lowest BCUT2D eigenvalue weighted by molar-refractivity contribution is -0.00949. The molecular formula is C17H19N5O2. The van der Waals surface area contributed by atoms with Crippen molar-refractivity contribution >= 4 is 16.8 Å². The van der Waals surface area contributed by atoms with E-state index in [1.165, 1.54) is 0 Å². The van der Waals surface area contributed by atoms with Gasteiger partial charge in [-0.05, 0) is 31.0 Å². The molecule has 0 radical (unpaired) electrons. The number of aryl methyl sites for hydroxylation is 1. The molecule has 3 aromatic rings. The highest BCUT2D eigenvalue weighted by molar-refractivity contribution is 5.98. The number of H-pyrrole nitrogens is 1. The summed E-state index contributed by atoms with van der Waals surface area (Å²) in [6.07, 6.45) is 7.11. The predicted octanol–water partition coefficient (Wildman–Crippen LogP) is 1.95. The van der Waals surface area contributed by atoms with E-state index < -0.39 is 0 Å². The van der Waals surface area contributed by atoms with Gasteiger partial charge in [-0.1, -0.05) is 0 Å². The van der Waals surface area contributed by atoms with Crippen molar-refractivity contribution in [3.8, 4) is 0 Å². The molecule has 1 amide bonds. The van der Waals surface area contributed by atoms with Crippen LogP contribution in [-0.2, 0) is 11.8 Å². The first-order valence-corrected chi connectivity index (χ1v) is 8.05. The Morgan fingerprint density at radius 1 is 1.42 bits per heavy atom. The normalized spacial score (nSPS) is 21.0. The molecule has 0 unspecified atom stereocenters. The smallest absolute Gasteiger partial charge is 0.251 e. The van der Waals surface area contributed by atoms with Gasteiger partial charge in [0.2, 0.25) is 0 Å². The summed E-state index contributed by atoms with van der Waals surface area (Å²) < 4.78 is 7.65. The molecule has 124 valence electrons. The van der Waals surface area contributed by atoms with Crippen LogP contribution in [0.25, 0.3) is 10.9 Å². The van der Waals surface area contributed by atoms with Gasteiger partial charge in [0.15, 0.2) is 0 Å². The van der Waals surface area contributed by atoms with Crippen LogP contribution in [0, 0.1) is 0 Å². The van der Waals surface area contributed by atoms with Crippen LogP contribution in [-0.4, -0.2) is 38.5 Å². The summed E-state index contributed by atoms with van der Waals surface area (Å²) >= 11 is 0. The van der Waals surface area contributed by atoms with E-state index >= 15 is 0 Å². The Hall–Kier alpha value is -2.67. The van der Waals surface area contributed by atoms with Crippen LogP contribution >= 0.6 is 0 Å². The molecule has 0 saturated carbocycles.